The predicted molar refractivity (Wildman–Crippen MR) is 64.8 cm³/mol. The Balaban J connectivity index is 3.07. The van der Waals surface area contributed by atoms with Crippen LogP contribution in [0.3, 0.4) is 0 Å². The van der Waals surface area contributed by atoms with Crippen molar-refractivity contribution in [2.24, 2.45) is 5.41 Å². The molecule has 0 fully saturated rings. The summed E-state index contributed by atoms with van der Waals surface area (Å²) in [6.45, 7) is 7.34. The van der Waals surface area contributed by atoms with E-state index in [0.717, 1.165) is 0 Å². The van der Waals surface area contributed by atoms with Gasteiger partial charge in [-0.15, -0.1) is 0 Å². The lowest BCUT2D eigenvalue weighted by molar-refractivity contribution is -0.386. The Morgan fingerprint density at radius 1 is 1.53 bits per heavy atom. The number of hydrogen-bond donors (Lipinski definition) is 1. The number of aryl methyl sites for hydroxylation is 1. The Bertz CT molecular complexity index is 424. The summed E-state index contributed by atoms with van der Waals surface area (Å²) in [6, 6.07) is 1.60. The molecule has 5 heteroatoms. The average molecular weight is 238 g/mol. The fourth-order valence-electron chi connectivity index (χ4n) is 1.49. The van der Waals surface area contributed by atoms with Gasteiger partial charge in [0.2, 0.25) is 0 Å². The number of nitro groups is 1. The molecule has 17 heavy (non-hydrogen) atoms. The van der Waals surface area contributed by atoms with E-state index >= 15 is 0 Å². The number of pyridine rings is 1. The number of aromatic nitrogens is 1. The molecule has 0 aromatic carbocycles. The Morgan fingerprint density at radius 2 is 2.12 bits per heavy atom. The lowest BCUT2D eigenvalue weighted by Gasteiger charge is -2.25. The van der Waals surface area contributed by atoms with Crippen LogP contribution in [-0.2, 0) is 6.42 Å². The lowest BCUT2D eigenvalue weighted by atomic mass is 9.86. The monoisotopic (exact) mass is 238 g/mol. The van der Waals surface area contributed by atoms with Gasteiger partial charge in [0, 0.05) is 18.2 Å². The summed E-state index contributed by atoms with van der Waals surface area (Å²) in [4.78, 5) is 14.5. The number of aliphatic hydroxyl groups is 1. The molecule has 0 aliphatic heterocycles. The molecule has 0 radical (unpaired) electrons. The molecule has 0 bridgehead atoms. The van der Waals surface area contributed by atoms with E-state index in [-0.39, 0.29) is 17.5 Å². The van der Waals surface area contributed by atoms with Crippen molar-refractivity contribution in [1.82, 2.24) is 4.98 Å². The fraction of sp³-hybridized carbons (Fsp3) is 0.583. The van der Waals surface area contributed by atoms with Crippen molar-refractivity contribution in [3.8, 4) is 0 Å². The highest BCUT2D eigenvalue weighted by atomic mass is 16.6. The van der Waals surface area contributed by atoms with Gasteiger partial charge in [-0.25, -0.2) is 0 Å². The Hall–Kier alpha value is -1.49. The second-order valence-corrected chi connectivity index (χ2v) is 5.27. The molecule has 1 rings (SSSR count). The Kier molecular flexibility index (Phi) is 3.83. The van der Waals surface area contributed by atoms with E-state index in [2.05, 4.69) is 4.98 Å². The standard InChI is InChI=1S/C12H18N2O3/c1-8-5-6-13-9(11(8)14(16)17)7-10(15)12(2,3)4/h5-6,10,15H,7H2,1-4H3. The van der Waals surface area contributed by atoms with Gasteiger partial charge in [0.25, 0.3) is 5.69 Å². The molecule has 1 aromatic heterocycles. The zero-order valence-electron chi connectivity index (χ0n) is 10.6. The van der Waals surface area contributed by atoms with Crippen LogP contribution in [0.15, 0.2) is 12.3 Å². The first-order chi connectivity index (χ1) is 7.73. The molecule has 0 aliphatic carbocycles. The summed E-state index contributed by atoms with van der Waals surface area (Å²) >= 11 is 0. The van der Waals surface area contributed by atoms with Crippen LogP contribution in [0, 0.1) is 22.5 Å². The van der Waals surface area contributed by atoms with Crippen molar-refractivity contribution < 1.29 is 10.0 Å². The first-order valence-corrected chi connectivity index (χ1v) is 5.50. The Labute approximate surface area is 101 Å². The summed E-state index contributed by atoms with van der Waals surface area (Å²) in [5, 5.41) is 20.9. The van der Waals surface area contributed by atoms with Gasteiger partial charge < -0.3 is 5.11 Å². The molecule has 0 spiro atoms. The van der Waals surface area contributed by atoms with E-state index in [9.17, 15) is 15.2 Å². The number of rotatable bonds is 3. The molecule has 5 nitrogen and oxygen atoms in total. The van der Waals surface area contributed by atoms with Crippen molar-refractivity contribution in [3.63, 3.8) is 0 Å². The van der Waals surface area contributed by atoms with E-state index in [0.29, 0.717) is 11.3 Å². The Morgan fingerprint density at radius 3 is 2.59 bits per heavy atom. The smallest absolute Gasteiger partial charge is 0.293 e. The molecule has 94 valence electrons. The summed E-state index contributed by atoms with van der Waals surface area (Å²) < 4.78 is 0. The van der Waals surface area contributed by atoms with Gasteiger partial charge >= 0.3 is 0 Å². The van der Waals surface area contributed by atoms with E-state index in [1.54, 1.807) is 13.0 Å². The molecule has 1 heterocycles. The van der Waals surface area contributed by atoms with Crippen LogP contribution in [0.1, 0.15) is 32.0 Å². The van der Waals surface area contributed by atoms with Gasteiger partial charge in [-0.05, 0) is 18.4 Å². The van der Waals surface area contributed by atoms with Crippen molar-refractivity contribution in [3.05, 3.63) is 33.6 Å². The molecular formula is C12H18N2O3. The minimum Gasteiger partial charge on any atom is -0.392 e. The van der Waals surface area contributed by atoms with Crippen LogP contribution in [0.25, 0.3) is 0 Å². The van der Waals surface area contributed by atoms with Gasteiger partial charge in [-0.2, -0.15) is 0 Å². The van der Waals surface area contributed by atoms with Crippen LogP contribution >= 0.6 is 0 Å². The minimum atomic E-state index is -0.657. The maximum atomic E-state index is 11.0. The number of nitrogens with zero attached hydrogens (tertiary/aromatic N) is 2. The molecule has 1 unspecified atom stereocenters. The van der Waals surface area contributed by atoms with Gasteiger partial charge in [-0.1, -0.05) is 20.8 Å². The van der Waals surface area contributed by atoms with E-state index in [1.165, 1.54) is 6.20 Å². The van der Waals surface area contributed by atoms with Crippen molar-refractivity contribution in [1.29, 1.82) is 0 Å². The molecule has 1 aromatic rings. The zero-order chi connectivity index (χ0) is 13.2. The van der Waals surface area contributed by atoms with E-state index < -0.39 is 11.0 Å². The summed E-state index contributed by atoms with van der Waals surface area (Å²) in [7, 11) is 0. The highest BCUT2D eigenvalue weighted by Gasteiger charge is 2.27. The first-order valence-electron chi connectivity index (χ1n) is 5.50. The van der Waals surface area contributed by atoms with Crippen LogP contribution in [-0.4, -0.2) is 21.1 Å². The average Bonchev–Trinajstić information content (AvgIpc) is 2.15. The van der Waals surface area contributed by atoms with Gasteiger partial charge in [0.1, 0.15) is 5.69 Å². The molecular weight excluding hydrogens is 220 g/mol. The normalized spacial score (nSPS) is 13.5. The minimum absolute atomic E-state index is 0.0100. The lowest BCUT2D eigenvalue weighted by Crippen LogP contribution is -2.28. The maximum absolute atomic E-state index is 11.0. The van der Waals surface area contributed by atoms with Crippen molar-refractivity contribution in [2.45, 2.75) is 40.2 Å². The molecule has 1 atom stereocenters. The molecule has 0 aliphatic rings. The number of aliphatic hydroxyl groups excluding tert-OH is 1. The van der Waals surface area contributed by atoms with E-state index in [4.69, 9.17) is 0 Å². The van der Waals surface area contributed by atoms with E-state index in [1.807, 2.05) is 20.8 Å². The van der Waals surface area contributed by atoms with Gasteiger partial charge in [0.05, 0.1) is 11.0 Å². The summed E-state index contributed by atoms with van der Waals surface area (Å²) in [5.41, 5.74) is 0.605. The number of hydrogen-bond acceptors (Lipinski definition) is 4. The SMILES string of the molecule is Cc1ccnc(CC(O)C(C)(C)C)c1[N+](=O)[O-]. The van der Waals surface area contributed by atoms with Crippen LogP contribution in [0.4, 0.5) is 5.69 Å². The first kappa shape index (κ1) is 13.6. The predicted octanol–water partition coefficient (Wildman–Crippen LogP) is 2.25. The fourth-order valence-corrected chi connectivity index (χ4v) is 1.49. The molecule has 1 N–H and O–H groups in total. The van der Waals surface area contributed by atoms with Crippen molar-refractivity contribution >= 4 is 5.69 Å². The highest BCUT2D eigenvalue weighted by molar-refractivity contribution is 5.43. The quantitative estimate of drug-likeness (QED) is 0.647. The zero-order valence-corrected chi connectivity index (χ0v) is 10.6. The highest BCUT2D eigenvalue weighted by Crippen LogP contribution is 2.27. The van der Waals surface area contributed by atoms with Gasteiger partial charge in [-0.3, -0.25) is 15.1 Å². The van der Waals surface area contributed by atoms with Gasteiger partial charge in [0.15, 0.2) is 0 Å². The second kappa shape index (κ2) is 4.79. The second-order valence-electron chi connectivity index (χ2n) is 5.27. The topological polar surface area (TPSA) is 76.3 Å². The van der Waals surface area contributed by atoms with Crippen LogP contribution < -0.4 is 0 Å². The third kappa shape index (κ3) is 3.23. The third-order valence-corrected chi connectivity index (χ3v) is 2.77. The molecule has 0 saturated carbocycles. The van der Waals surface area contributed by atoms with Crippen molar-refractivity contribution in [2.75, 3.05) is 0 Å². The largest absolute Gasteiger partial charge is 0.392 e. The summed E-state index contributed by atoms with van der Waals surface area (Å²) in [5.74, 6) is 0. The van der Waals surface area contributed by atoms with Crippen LogP contribution in [0.5, 0.6) is 0 Å². The summed E-state index contributed by atoms with van der Waals surface area (Å²) in [6.07, 6.45) is 1.07. The van der Waals surface area contributed by atoms with Crippen LogP contribution in [0.2, 0.25) is 0 Å². The molecule has 0 amide bonds. The molecule has 0 saturated heterocycles. The maximum Gasteiger partial charge on any atom is 0.293 e. The third-order valence-electron chi connectivity index (χ3n) is 2.77.